The van der Waals surface area contributed by atoms with E-state index in [1.165, 1.54) is 0 Å². The minimum atomic E-state index is -0.456. The molecule has 0 saturated carbocycles. The van der Waals surface area contributed by atoms with E-state index >= 15 is 0 Å². The highest BCUT2D eigenvalue weighted by molar-refractivity contribution is 5.68. The van der Waals surface area contributed by atoms with E-state index in [0.29, 0.717) is 13.1 Å². The zero-order valence-corrected chi connectivity index (χ0v) is 12.0. The number of nitrogens with one attached hydrogen (secondary N) is 1. The summed E-state index contributed by atoms with van der Waals surface area (Å²) in [7, 11) is 1.86. The lowest BCUT2D eigenvalue weighted by Crippen LogP contribution is -2.40. The Balaban J connectivity index is 2.10. The highest BCUT2D eigenvalue weighted by Crippen LogP contribution is 2.21. The molecular formula is C14H21N3O2. The molecule has 1 aliphatic rings. The molecule has 2 heterocycles. The molecule has 0 radical (unpaired) electrons. The van der Waals surface area contributed by atoms with Crippen LogP contribution in [0.15, 0.2) is 12.3 Å². The lowest BCUT2D eigenvalue weighted by molar-refractivity contribution is 0.0223. The quantitative estimate of drug-likeness (QED) is 0.845. The maximum atomic E-state index is 12.0. The molecule has 19 heavy (non-hydrogen) atoms. The number of pyridine rings is 1. The molecule has 0 saturated heterocycles. The Morgan fingerprint density at radius 2 is 2.21 bits per heavy atom. The van der Waals surface area contributed by atoms with E-state index in [2.05, 4.69) is 10.3 Å². The molecule has 1 N–H and O–H groups in total. The van der Waals surface area contributed by atoms with Crippen LogP contribution in [0.5, 0.6) is 0 Å². The van der Waals surface area contributed by atoms with Gasteiger partial charge in [-0.15, -0.1) is 0 Å². The van der Waals surface area contributed by atoms with Crippen molar-refractivity contribution in [3.05, 3.63) is 23.5 Å². The van der Waals surface area contributed by atoms with Crippen LogP contribution in [-0.4, -0.2) is 35.2 Å². The summed E-state index contributed by atoms with van der Waals surface area (Å²) in [4.78, 5) is 18.2. The van der Waals surface area contributed by atoms with Gasteiger partial charge in [-0.2, -0.15) is 0 Å². The summed E-state index contributed by atoms with van der Waals surface area (Å²) in [5.74, 6) is 0. The maximum Gasteiger partial charge on any atom is 0.410 e. The predicted octanol–water partition coefficient (Wildman–Crippen LogP) is 2.42. The van der Waals surface area contributed by atoms with Gasteiger partial charge in [0.1, 0.15) is 5.60 Å². The minimum Gasteiger partial charge on any atom is -0.444 e. The fourth-order valence-corrected chi connectivity index (χ4v) is 2.05. The third-order valence-corrected chi connectivity index (χ3v) is 2.98. The van der Waals surface area contributed by atoms with Crippen molar-refractivity contribution in [3.8, 4) is 0 Å². The van der Waals surface area contributed by atoms with E-state index in [0.717, 1.165) is 23.4 Å². The van der Waals surface area contributed by atoms with Crippen molar-refractivity contribution in [2.45, 2.75) is 39.3 Å². The van der Waals surface area contributed by atoms with Crippen LogP contribution in [0.3, 0.4) is 0 Å². The van der Waals surface area contributed by atoms with Gasteiger partial charge < -0.3 is 15.0 Å². The number of fused-ring (bicyclic) bond motifs is 1. The molecule has 1 aromatic heterocycles. The van der Waals surface area contributed by atoms with Gasteiger partial charge >= 0.3 is 6.09 Å². The Hall–Kier alpha value is -1.78. The van der Waals surface area contributed by atoms with Gasteiger partial charge in [-0.1, -0.05) is 0 Å². The van der Waals surface area contributed by atoms with E-state index in [1.54, 1.807) is 4.90 Å². The van der Waals surface area contributed by atoms with Gasteiger partial charge in [0.2, 0.25) is 0 Å². The molecule has 5 nitrogen and oxygen atoms in total. The van der Waals surface area contributed by atoms with Crippen molar-refractivity contribution in [1.82, 2.24) is 9.88 Å². The van der Waals surface area contributed by atoms with Crippen molar-refractivity contribution in [3.63, 3.8) is 0 Å². The lowest BCUT2D eigenvalue weighted by Gasteiger charge is -2.30. The molecule has 0 aromatic carbocycles. The molecule has 1 amide bonds. The molecule has 2 rings (SSSR count). The van der Waals surface area contributed by atoms with Crippen LogP contribution in [0.1, 0.15) is 32.0 Å². The SMILES string of the molecule is CNc1cnc2c(c1)CN(C(=O)OC(C)(C)C)CC2. The van der Waals surface area contributed by atoms with Gasteiger partial charge in [-0.25, -0.2) is 4.79 Å². The van der Waals surface area contributed by atoms with E-state index in [9.17, 15) is 4.79 Å². The summed E-state index contributed by atoms with van der Waals surface area (Å²) in [5.41, 5.74) is 2.66. The van der Waals surface area contributed by atoms with Crippen molar-refractivity contribution in [2.24, 2.45) is 0 Å². The molecule has 5 heteroatoms. The normalized spacial score (nSPS) is 14.8. The Labute approximate surface area is 114 Å². The van der Waals surface area contributed by atoms with Crippen LogP contribution in [0.2, 0.25) is 0 Å². The zero-order valence-electron chi connectivity index (χ0n) is 12.0. The average molecular weight is 263 g/mol. The van der Waals surface area contributed by atoms with E-state index in [1.807, 2.05) is 40.1 Å². The number of rotatable bonds is 1. The summed E-state index contributed by atoms with van der Waals surface area (Å²) in [5, 5.41) is 3.06. The first kappa shape index (κ1) is 13.6. The van der Waals surface area contributed by atoms with Crippen LogP contribution in [0.4, 0.5) is 10.5 Å². The number of ether oxygens (including phenoxy) is 1. The van der Waals surface area contributed by atoms with Crippen molar-refractivity contribution in [2.75, 3.05) is 18.9 Å². The summed E-state index contributed by atoms with van der Waals surface area (Å²) in [6.45, 7) is 6.86. The first-order chi connectivity index (χ1) is 8.89. The van der Waals surface area contributed by atoms with Crippen LogP contribution in [0.25, 0.3) is 0 Å². The molecule has 0 bridgehead atoms. The Kier molecular flexibility index (Phi) is 3.64. The van der Waals surface area contributed by atoms with Gasteiger partial charge in [0.25, 0.3) is 0 Å². The fourth-order valence-electron chi connectivity index (χ4n) is 2.05. The third-order valence-electron chi connectivity index (χ3n) is 2.98. The second kappa shape index (κ2) is 5.07. The Morgan fingerprint density at radius 1 is 1.47 bits per heavy atom. The van der Waals surface area contributed by atoms with Crippen molar-refractivity contribution < 1.29 is 9.53 Å². The summed E-state index contributed by atoms with van der Waals surface area (Å²) >= 11 is 0. The van der Waals surface area contributed by atoms with Crippen molar-refractivity contribution in [1.29, 1.82) is 0 Å². The molecule has 0 spiro atoms. The van der Waals surface area contributed by atoms with E-state index in [4.69, 9.17) is 4.74 Å². The smallest absolute Gasteiger partial charge is 0.410 e. The molecular weight excluding hydrogens is 242 g/mol. The molecule has 0 fully saturated rings. The first-order valence-electron chi connectivity index (χ1n) is 6.52. The standard InChI is InChI=1S/C14H21N3O2/c1-14(2,3)19-13(18)17-6-5-12-10(9-17)7-11(15-4)8-16-12/h7-8,15H,5-6,9H2,1-4H3. The van der Waals surface area contributed by atoms with Gasteiger partial charge in [-0.3, -0.25) is 4.98 Å². The summed E-state index contributed by atoms with van der Waals surface area (Å²) < 4.78 is 5.40. The van der Waals surface area contributed by atoms with Gasteiger partial charge in [0.15, 0.2) is 0 Å². The number of nitrogens with zero attached hydrogens (tertiary/aromatic N) is 2. The molecule has 0 unspecified atom stereocenters. The molecule has 1 aromatic rings. The van der Waals surface area contributed by atoms with E-state index in [-0.39, 0.29) is 6.09 Å². The monoisotopic (exact) mass is 263 g/mol. The minimum absolute atomic E-state index is 0.256. The number of hydrogen-bond acceptors (Lipinski definition) is 4. The number of carbonyl (C=O) groups excluding carboxylic acids is 1. The van der Waals surface area contributed by atoms with Gasteiger partial charge in [-0.05, 0) is 32.4 Å². The molecule has 1 aliphatic heterocycles. The predicted molar refractivity (Wildman–Crippen MR) is 74.1 cm³/mol. The molecule has 104 valence electrons. The van der Waals surface area contributed by atoms with Crippen molar-refractivity contribution >= 4 is 11.8 Å². The Bertz CT molecular complexity index is 480. The second-order valence-corrected chi connectivity index (χ2v) is 5.73. The number of anilines is 1. The number of hydrogen-bond donors (Lipinski definition) is 1. The Morgan fingerprint density at radius 3 is 2.84 bits per heavy atom. The van der Waals surface area contributed by atoms with Crippen LogP contribution in [-0.2, 0) is 17.7 Å². The first-order valence-corrected chi connectivity index (χ1v) is 6.52. The molecule has 0 atom stereocenters. The summed E-state index contributed by atoms with van der Waals surface area (Å²) in [6, 6.07) is 2.04. The number of aromatic nitrogens is 1. The summed E-state index contributed by atoms with van der Waals surface area (Å²) in [6.07, 6.45) is 2.34. The number of amides is 1. The third kappa shape index (κ3) is 3.36. The zero-order chi connectivity index (χ0) is 14.0. The number of carbonyl (C=O) groups is 1. The lowest BCUT2D eigenvalue weighted by atomic mass is 10.1. The molecule has 0 aliphatic carbocycles. The van der Waals surface area contributed by atoms with Crippen LogP contribution in [0, 0.1) is 0 Å². The fraction of sp³-hybridized carbons (Fsp3) is 0.571. The highest BCUT2D eigenvalue weighted by Gasteiger charge is 2.26. The van der Waals surface area contributed by atoms with Crippen LogP contribution >= 0.6 is 0 Å². The van der Waals surface area contributed by atoms with Gasteiger partial charge in [0, 0.05) is 25.7 Å². The van der Waals surface area contributed by atoms with Crippen LogP contribution < -0.4 is 5.32 Å². The second-order valence-electron chi connectivity index (χ2n) is 5.73. The van der Waals surface area contributed by atoms with E-state index < -0.39 is 5.60 Å². The largest absolute Gasteiger partial charge is 0.444 e. The maximum absolute atomic E-state index is 12.0. The van der Waals surface area contributed by atoms with Gasteiger partial charge in [0.05, 0.1) is 18.4 Å². The average Bonchev–Trinajstić information content (AvgIpc) is 2.35. The topological polar surface area (TPSA) is 54.5 Å². The highest BCUT2D eigenvalue weighted by atomic mass is 16.6.